The molecule has 0 aromatic heterocycles. The van der Waals surface area contributed by atoms with Crippen LogP contribution in [0.2, 0.25) is 0 Å². The first-order chi connectivity index (χ1) is 13.2. The van der Waals surface area contributed by atoms with E-state index in [1.165, 1.54) is 14.0 Å². The van der Waals surface area contributed by atoms with E-state index in [-0.39, 0.29) is 11.0 Å². The van der Waals surface area contributed by atoms with Gasteiger partial charge in [-0.05, 0) is 79.2 Å². The van der Waals surface area contributed by atoms with E-state index in [0.717, 1.165) is 16.7 Å². The standard InChI is InChI=1S/C19H22BrNO6S/c1-6-26-14-8-12(7-13(20)16(14)27-10(2)3)9-15-17(22)21(19(24)28-15)11(4)18(23)25-5/h7-11H,6H2,1-5H3/b15-9+/t11-/m1/s1. The minimum Gasteiger partial charge on any atom is -0.490 e. The second kappa shape index (κ2) is 9.47. The number of ether oxygens (including phenoxy) is 3. The number of rotatable bonds is 7. The van der Waals surface area contributed by atoms with E-state index in [4.69, 9.17) is 9.47 Å². The monoisotopic (exact) mass is 471 g/mol. The lowest BCUT2D eigenvalue weighted by Crippen LogP contribution is -2.42. The second-order valence-corrected chi connectivity index (χ2v) is 8.03. The van der Waals surface area contributed by atoms with Crippen molar-refractivity contribution in [2.75, 3.05) is 13.7 Å². The summed E-state index contributed by atoms with van der Waals surface area (Å²) in [7, 11) is 1.21. The Bertz CT molecular complexity index is 823. The van der Waals surface area contributed by atoms with Crippen molar-refractivity contribution in [3.63, 3.8) is 0 Å². The molecule has 28 heavy (non-hydrogen) atoms. The van der Waals surface area contributed by atoms with Crippen LogP contribution in [0, 0.1) is 0 Å². The van der Waals surface area contributed by atoms with Gasteiger partial charge in [0.25, 0.3) is 11.1 Å². The molecule has 2 rings (SSSR count). The van der Waals surface area contributed by atoms with Crippen LogP contribution in [0.4, 0.5) is 4.79 Å². The van der Waals surface area contributed by atoms with Gasteiger partial charge in [0, 0.05) is 0 Å². The van der Waals surface area contributed by atoms with Crippen molar-refractivity contribution < 1.29 is 28.6 Å². The molecule has 1 aromatic carbocycles. The normalized spacial score (nSPS) is 16.7. The van der Waals surface area contributed by atoms with Gasteiger partial charge in [-0.3, -0.25) is 14.5 Å². The third kappa shape index (κ3) is 4.88. The van der Waals surface area contributed by atoms with Gasteiger partial charge >= 0.3 is 5.97 Å². The third-order valence-electron chi connectivity index (χ3n) is 3.74. The van der Waals surface area contributed by atoms with Crippen LogP contribution in [-0.4, -0.2) is 47.9 Å². The third-order valence-corrected chi connectivity index (χ3v) is 5.21. The first-order valence-electron chi connectivity index (χ1n) is 8.67. The molecule has 0 spiro atoms. The summed E-state index contributed by atoms with van der Waals surface area (Å²) in [5.74, 6) is -0.0926. The number of benzene rings is 1. The lowest BCUT2D eigenvalue weighted by molar-refractivity contribution is -0.148. The van der Waals surface area contributed by atoms with Gasteiger partial charge in [-0.25, -0.2) is 4.79 Å². The van der Waals surface area contributed by atoms with Crippen molar-refractivity contribution in [1.29, 1.82) is 0 Å². The molecule has 152 valence electrons. The molecule has 0 saturated carbocycles. The van der Waals surface area contributed by atoms with Crippen LogP contribution in [0.3, 0.4) is 0 Å². The maximum absolute atomic E-state index is 12.6. The van der Waals surface area contributed by atoms with E-state index in [1.807, 2.05) is 20.8 Å². The van der Waals surface area contributed by atoms with E-state index in [0.29, 0.717) is 28.1 Å². The number of esters is 1. The lowest BCUT2D eigenvalue weighted by Gasteiger charge is -2.18. The molecule has 0 radical (unpaired) electrons. The highest BCUT2D eigenvalue weighted by Crippen LogP contribution is 2.40. The fourth-order valence-electron chi connectivity index (χ4n) is 2.53. The Kier molecular flexibility index (Phi) is 7.54. The summed E-state index contributed by atoms with van der Waals surface area (Å²) in [5, 5.41) is -0.516. The number of amides is 2. The summed E-state index contributed by atoms with van der Waals surface area (Å²) in [6, 6.07) is 2.53. The van der Waals surface area contributed by atoms with E-state index >= 15 is 0 Å². The molecule has 0 unspecified atom stereocenters. The first kappa shape index (κ1) is 22.3. The van der Waals surface area contributed by atoms with Gasteiger partial charge in [0.15, 0.2) is 11.5 Å². The zero-order chi connectivity index (χ0) is 21.0. The van der Waals surface area contributed by atoms with E-state index in [2.05, 4.69) is 20.7 Å². The van der Waals surface area contributed by atoms with Crippen LogP contribution >= 0.6 is 27.7 Å². The van der Waals surface area contributed by atoms with Gasteiger partial charge in [-0.2, -0.15) is 0 Å². The van der Waals surface area contributed by atoms with Crippen molar-refractivity contribution in [3.05, 3.63) is 27.1 Å². The highest BCUT2D eigenvalue weighted by molar-refractivity contribution is 9.10. The number of nitrogens with zero attached hydrogens (tertiary/aromatic N) is 1. The Morgan fingerprint density at radius 1 is 1.29 bits per heavy atom. The highest BCUT2D eigenvalue weighted by atomic mass is 79.9. The number of halogens is 1. The van der Waals surface area contributed by atoms with Gasteiger partial charge in [0.2, 0.25) is 0 Å². The fourth-order valence-corrected chi connectivity index (χ4v) is 3.99. The Morgan fingerprint density at radius 2 is 1.96 bits per heavy atom. The zero-order valence-corrected chi connectivity index (χ0v) is 18.7. The van der Waals surface area contributed by atoms with Crippen molar-refractivity contribution in [1.82, 2.24) is 4.90 Å². The van der Waals surface area contributed by atoms with Crippen LogP contribution in [-0.2, 0) is 14.3 Å². The molecule has 1 aromatic rings. The summed E-state index contributed by atoms with van der Waals surface area (Å²) < 4.78 is 16.8. The number of carbonyl (C=O) groups excluding carboxylic acids is 3. The van der Waals surface area contributed by atoms with Gasteiger partial charge in [0.1, 0.15) is 6.04 Å². The van der Waals surface area contributed by atoms with Crippen LogP contribution < -0.4 is 9.47 Å². The number of hydrogen-bond donors (Lipinski definition) is 0. The average Bonchev–Trinajstić information content (AvgIpc) is 2.90. The smallest absolute Gasteiger partial charge is 0.328 e. The largest absolute Gasteiger partial charge is 0.490 e. The molecule has 1 atom stereocenters. The maximum atomic E-state index is 12.6. The lowest BCUT2D eigenvalue weighted by atomic mass is 10.1. The van der Waals surface area contributed by atoms with Crippen molar-refractivity contribution in [2.24, 2.45) is 0 Å². The number of imide groups is 1. The Labute approximate surface area is 176 Å². The van der Waals surface area contributed by atoms with E-state index in [9.17, 15) is 14.4 Å². The molecule has 1 aliphatic heterocycles. The number of hydrogen-bond acceptors (Lipinski definition) is 7. The average molecular weight is 472 g/mol. The topological polar surface area (TPSA) is 82.1 Å². The predicted molar refractivity (Wildman–Crippen MR) is 110 cm³/mol. The second-order valence-electron chi connectivity index (χ2n) is 6.18. The summed E-state index contributed by atoms with van der Waals surface area (Å²) in [6.45, 7) is 7.58. The maximum Gasteiger partial charge on any atom is 0.328 e. The van der Waals surface area contributed by atoms with Gasteiger partial charge in [-0.1, -0.05) is 0 Å². The minimum atomic E-state index is -0.990. The molecule has 0 aliphatic carbocycles. The first-order valence-corrected chi connectivity index (χ1v) is 10.3. The van der Waals surface area contributed by atoms with Crippen molar-refractivity contribution >= 4 is 50.9 Å². The summed E-state index contributed by atoms with van der Waals surface area (Å²) in [5.41, 5.74) is 0.655. The van der Waals surface area contributed by atoms with Crippen LogP contribution in [0.25, 0.3) is 6.08 Å². The number of carbonyl (C=O) groups is 3. The number of thioether (sulfide) groups is 1. The Balaban J connectivity index is 2.38. The molecular weight excluding hydrogens is 450 g/mol. The highest BCUT2D eigenvalue weighted by Gasteiger charge is 2.41. The molecular formula is C19H22BrNO6S. The van der Waals surface area contributed by atoms with Crippen LogP contribution in [0.1, 0.15) is 33.3 Å². The molecule has 1 saturated heterocycles. The van der Waals surface area contributed by atoms with Gasteiger partial charge in [0.05, 0.1) is 29.2 Å². The summed E-state index contributed by atoms with van der Waals surface area (Å²) in [4.78, 5) is 37.7. The SMILES string of the molecule is CCOc1cc(/C=C2/SC(=O)N([C@H](C)C(=O)OC)C2=O)cc(Br)c1OC(C)C. The Hall–Kier alpha value is -2.00. The molecule has 7 nitrogen and oxygen atoms in total. The molecule has 1 aliphatic rings. The predicted octanol–water partition coefficient (Wildman–Crippen LogP) is 4.23. The molecule has 9 heteroatoms. The van der Waals surface area contributed by atoms with E-state index in [1.54, 1.807) is 18.2 Å². The fraction of sp³-hybridized carbons (Fsp3) is 0.421. The summed E-state index contributed by atoms with van der Waals surface area (Å²) >= 11 is 4.25. The van der Waals surface area contributed by atoms with Crippen molar-refractivity contribution in [3.8, 4) is 11.5 Å². The van der Waals surface area contributed by atoms with Crippen LogP contribution in [0.5, 0.6) is 11.5 Å². The van der Waals surface area contributed by atoms with E-state index < -0.39 is 23.2 Å². The Morgan fingerprint density at radius 3 is 2.54 bits per heavy atom. The molecule has 0 bridgehead atoms. The van der Waals surface area contributed by atoms with Crippen LogP contribution in [0.15, 0.2) is 21.5 Å². The van der Waals surface area contributed by atoms with Gasteiger partial charge < -0.3 is 14.2 Å². The van der Waals surface area contributed by atoms with Gasteiger partial charge in [-0.15, -0.1) is 0 Å². The zero-order valence-electron chi connectivity index (χ0n) is 16.3. The summed E-state index contributed by atoms with van der Waals surface area (Å²) in [6.07, 6.45) is 1.54. The molecule has 1 heterocycles. The quantitative estimate of drug-likeness (QED) is 0.434. The van der Waals surface area contributed by atoms with Crippen molar-refractivity contribution in [2.45, 2.75) is 39.8 Å². The minimum absolute atomic E-state index is 0.0438. The molecule has 0 N–H and O–H groups in total. The number of methoxy groups -OCH3 is 1. The molecule has 2 amide bonds. The molecule has 1 fully saturated rings.